The summed E-state index contributed by atoms with van der Waals surface area (Å²) in [6, 6.07) is 15.0. The van der Waals surface area contributed by atoms with Crippen LogP contribution in [0.25, 0.3) is 0 Å². The Kier molecular flexibility index (Phi) is 6.61. The van der Waals surface area contributed by atoms with Gasteiger partial charge in [-0.05, 0) is 55.0 Å². The summed E-state index contributed by atoms with van der Waals surface area (Å²) in [6.45, 7) is 1.76. The average Bonchev–Trinajstić information content (AvgIpc) is 2.89. The van der Waals surface area contributed by atoms with Crippen molar-refractivity contribution in [3.63, 3.8) is 0 Å². The lowest BCUT2D eigenvalue weighted by molar-refractivity contribution is -0.121. The van der Waals surface area contributed by atoms with Crippen molar-refractivity contribution >= 4 is 44.8 Å². The quantitative estimate of drug-likeness (QED) is 0.323. The van der Waals surface area contributed by atoms with Crippen LogP contribution in [0.2, 0.25) is 0 Å². The molecule has 0 atom stereocenters. The second-order valence-corrected chi connectivity index (χ2v) is 9.97. The molecule has 38 heavy (non-hydrogen) atoms. The Balaban J connectivity index is 1.40. The number of hydrogen-bond donors (Lipinski definition) is 3. The van der Waals surface area contributed by atoms with Gasteiger partial charge in [-0.15, -0.1) is 0 Å². The van der Waals surface area contributed by atoms with E-state index in [1.54, 1.807) is 54.4 Å². The molecule has 0 unspecified atom stereocenters. The Hall–Kier alpha value is -4.62. The molecule has 0 saturated carbocycles. The smallest absolute Gasteiger partial charge is 0.265 e. The van der Waals surface area contributed by atoms with Gasteiger partial charge in [-0.1, -0.05) is 12.1 Å². The number of aromatic nitrogens is 3. The third-order valence-corrected chi connectivity index (χ3v) is 6.76. The summed E-state index contributed by atoms with van der Waals surface area (Å²) in [5.41, 5.74) is 2.48. The summed E-state index contributed by atoms with van der Waals surface area (Å²) in [4.78, 5) is 26.5. The van der Waals surface area contributed by atoms with Crippen LogP contribution in [0.5, 0.6) is 5.75 Å². The van der Waals surface area contributed by atoms with Crippen molar-refractivity contribution < 1.29 is 22.3 Å². The molecule has 2 aromatic heterocycles. The fourth-order valence-corrected chi connectivity index (χ4v) is 4.68. The summed E-state index contributed by atoms with van der Waals surface area (Å²) in [5.74, 6) is -0.578. The second-order valence-electron chi connectivity index (χ2n) is 8.44. The summed E-state index contributed by atoms with van der Waals surface area (Å²) in [7, 11) is -3.94. The van der Waals surface area contributed by atoms with Crippen LogP contribution in [-0.2, 0) is 21.4 Å². The molecule has 2 aromatic carbocycles. The number of rotatable bonds is 7. The number of halogens is 1. The van der Waals surface area contributed by atoms with Crippen molar-refractivity contribution in [1.82, 2.24) is 15.0 Å². The number of nitrogens with zero attached hydrogens (tertiary/aromatic N) is 4. The van der Waals surface area contributed by atoms with Gasteiger partial charge in [0.15, 0.2) is 18.2 Å². The highest BCUT2D eigenvalue weighted by Gasteiger charge is 2.26. The van der Waals surface area contributed by atoms with Crippen molar-refractivity contribution in [2.75, 3.05) is 22.1 Å². The Bertz CT molecular complexity index is 1630. The normalized spacial score (nSPS) is 13.0. The van der Waals surface area contributed by atoms with E-state index in [4.69, 9.17) is 9.88 Å². The number of ether oxygens (including phenoxy) is 1. The van der Waals surface area contributed by atoms with Gasteiger partial charge in [0.25, 0.3) is 5.91 Å². The molecule has 1 amide bonds. The number of anilines is 5. The fraction of sp³-hybridized carbons (Fsp3) is 0.120. The minimum absolute atomic E-state index is 0.0198. The van der Waals surface area contributed by atoms with E-state index in [9.17, 15) is 17.6 Å². The fourth-order valence-electron chi connectivity index (χ4n) is 3.87. The van der Waals surface area contributed by atoms with Crippen LogP contribution in [0.3, 0.4) is 0 Å². The van der Waals surface area contributed by atoms with E-state index in [1.807, 2.05) is 12.1 Å². The number of pyridine rings is 1. The average molecular weight is 536 g/mol. The molecule has 0 aliphatic carbocycles. The standard InChI is InChI=1S/C25H22FN7O4S/c1-15-5-6-17(11-22(15)38(27,35)36)31-25-29-12-19(26)24(32-25)30-16-7-8-21-20(10-16)33(23(34)14-37-21)13-18-4-2-3-9-28-18/h2-12H,13-14H2,1H3,(H2,27,35,36)(H2,29,30,31,32). The van der Waals surface area contributed by atoms with E-state index in [-0.39, 0.29) is 35.7 Å². The van der Waals surface area contributed by atoms with Crippen LogP contribution in [0.15, 0.2) is 71.9 Å². The summed E-state index contributed by atoms with van der Waals surface area (Å²) < 4.78 is 43.8. The molecule has 0 bridgehead atoms. The van der Waals surface area contributed by atoms with Crippen molar-refractivity contribution in [3.8, 4) is 5.75 Å². The molecule has 0 spiro atoms. The molecule has 0 radical (unpaired) electrons. The maximum absolute atomic E-state index is 14.6. The van der Waals surface area contributed by atoms with Gasteiger partial charge < -0.3 is 15.4 Å². The van der Waals surface area contributed by atoms with Gasteiger partial charge in [-0.3, -0.25) is 14.7 Å². The van der Waals surface area contributed by atoms with Crippen LogP contribution in [-0.4, -0.2) is 35.9 Å². The van der Waals surface area contributed by atoms with Crippen LogP contribution in [0, 0.1) is 12.7 Å². The number of carbonyl (C=O) groups is 1. The third kappa shape index (κ3) is 5.38. The van der Waals surface area contributed by atoms with E-state index < -0.39 is 15.8 Å². The minimum atomic E-state index is -3.94. The predicted molar refractivity (Wildman–Crippen MR) is 138 cm³/mol. The first-order chi connectivity index (χ1) is 18.2. The number of benzene rings is 2. The predicted octanol–water partition coefficient (Wildman–Crippen LogP) is 3.38. The van der Waals surface area contributed by atoms with Gasteiger partial charge in [0.05, 0.1) is 29.0 Å². The molecule has 194 valence electrons. The zero-order valence-corrected chi connectivity index (χ0v) is 20.9. The molecular weight excluding hydrogens is 513 g/mol. The lowest BCUT2D eigenvalue weighted by atomic mass is 10.2. The van der Waals surface area contributed by atoms with Gasteiger partial charge in [0.1, 0.15) is 5.75 Å². The van der Waals surface area contributed by atoms with E-state index in [2.05, 4.69) is 25.6 Å². The number of nitrogens with one attached hydrogen (secondary N) is 2. The van der Waals surface area contributed by atoms with E-state index >= 15 is 0 Å². The van der Waals surface area contributed by atoms with Crippen molar-refractivity contribution in [2.24, 2.45) is 5.14 Å². The molecule has 13 heteroatoms. The molecule has 1 aliphatic rings. The first kappa shape index (κ1) is 25.0. The number of nitrogens with two attached hydrogens (primary N) is 1. The van der Waals surface area contributed by atoms with E-state index in [0.29, 0.717) is 34.1 Å². The van der Waals surface area contributed by atoms with Crippen LogP contribution >= 0.6 is 0 Å². The summed E-state index contributed by atoms with van der Waals surface area (Å²) in [6.07, 6.45) is 2.62. The lowest BCUT2D eigenvalue weighted by Gasteiger charge is -2.29. The highest BCUT2D eigenvalue weighted by atomic mass is 32.2. The molecule has 3 heterocycles. The van der Waals surface area contributed by atoms with E-state index in [0.717, 1.165) is 6.20 Å². The highest BCUT2D eigenvalue weighted by Crippen LogP contribution is 2.36. The van der Waals surface area contributed by atoms with Gasteiger partial charge in [-0.2, -0.15) is 4.98 Å². The SMILES string of the molecule is Cc1ccc(Nc2ncc(F)c(Nc3ccc4c(c3)N(Cc3ccccn3)C(=O)CO4)n2)cc1S(N)(=O)=O. The molecular formula is C25H22FN7O4S. The number of fused-ring (bicyclic) bond motifs is 1. The largest absolute Gasteiger partial charge is 0.482 e. The topological polar surface area (TPSA) is 152 Å². The Morgan fingerprint density at radius 2 is 1.87 bits per heavy atom. The molecule has 1 aliphatic heterocycles. The van der Waals surface area contributed by atoms with Crippen molar-refractivity contribution in [2.45, 2.75) is 18.4 Å². The van der Waals surface area contributed by atoms with Crippen LogP contribution in [0.1, 0.15) is 11.3 Å². The molecule has 0 fully saturated rings. The maximum Gasteiger partial charge on any atom is 0.265 e. The molecule has 5 rings (SSSR count). The first-order valence-electron chi connectivity index (χ1n) is 11.3. The molecule has 4 N–H and O–H groups in total. The van der Waals surface area contributed by atoms with Gasteiger partial charge in [0.2, 0.25) is 16.0 Å². The van der Waals surface area contributed by atoms with Crippen molar-refractivity contribution in [3.05, 3.63) is 84.1 Å². The van der Waals surface area contributed by atoms with Gasteiger partial charge in [-0.25, -0.2) is 22.9 Å². The second kappa shape index (κ2) is 10.0. The van der Waals surface area contributed by atoms with Crippen LogP contribution in [0.4, 0.5) is 33.2 Å². The zero-order valence-electron chi connectivity index (χ0n) is 20.1. The number of hydrogen-bond acceptors (Lipinski definition) is 9. The Morgan fingerprint density at radius 3 is 2.63 bits per heavy atom. The van der Waals surface area contributed by atoms with Crippen molar-refractivity contribution in [1.29, 1.82) is 0 Å². The van der Waals surface area contributed by atoms with Gasteiger partial charge >= 0.3 is 0 Å². The van der Waals surface area contributed by atoms with E-state index in [1.165, 1.54) is 6.07 Å². The minimum Gasteiger partial charge on any atom is -0.482 e. The Labute approximate surface area is 217 Å². The van der Waals surface area contributed by atoms with Gasteiger partial charge in [0, 0.05) is 17.6 Å². The first-order valence-corrected chi connectivity index (χ1v) is 12.9. The maximum atomic E-state index is 14.6. The number of amides is 1. The monoisotopic (exact) mass is 535 g/mol. The number of primary sulfonamides is 1. The summed E-state index contributed by atoms with van der Waals surface area (Å²) in [5, 5.41) is 11.0. The highest BCUT2D eigenvalue weighted by molar-refractivity contribution is 7.89. The third-order valence-electron chi connectivity index (χ3n) is 5.71. The zero-order chi connectivity index (χ0) is 26.9. The molecule has 11 nitrogen and oxygen atoms in total. The number of sulfonamides is 1. The number of aryl methyl sites for hydroxylation is 1. The summed E-state index contributed by atoms with van der Waals surface area (Å²) >= 11 is 0. The Morgan fingerprint density at radius 1 is 1.08 bits per heavy atom. The number of carbonyl (C=O) groups excluding carboxylic acids is 1. The molecule has 0 saturated heterocycles. The van der Waals surface area contributed by atoms with Crippen LogP contribution < -0.4 is 25.4 Å². The lowest BCUT2D eigenvalue weighted by Crippen LogP contribution is -2.38. The molecule has 4 aromatic rings.